The van der Waals surface area contributed by atoms with Gasteiger partial charge in [0.2, 0.25) is 0 Å². The summed E-state index contributed by atoms with van der Waals surface area (Å²) in [5.41, 5.74) is 2.11. The average Bonchev–Trinajstić information content (AvgIpc) is 3.17. The van der Waals surface area contributed by atoms with Gasteiger partial charge < -0.3 is 0 Å². The van der Waals surface area contributed by atoms with Crippen LogP contribution in [0, 0.1) is 0 Å². The molecule has 0 radical (unpaired) electrons. The van der Waals surface area contributed by atoms with Crippen LogP contribution in [0.3, 0.4) is 0 Å². The third-order valence-electron chi connectivity index (χ3n) is 4.24. The van der Waals surface area contributed by atoms with Gasteiger partial charge in [-0.2, -0.15) is 0 Å². The van der Waals surface area contributed by atoms with Gasteiger partial charge in [-0.05, 0) is 36.5 Å². The summed E-state index contributed by atoms with van der Waals surface area (Å²) >= 11 is 0. The molecule has 0 aliphatic heterocycles. The largest absolute Gasteiger partial charge is 0.270 e. The lowest BCUT2D eigenvalue weighted by Crippen LogP contribution is -2.14. The van der Waals surface area contributed by atoms with E-state index in [1.54, 1.807) is 17.0 Å². The van der Waals surface area contributed by atoms with Gasteiger partial charge in [-0.1, -0.05) is 31.9 Å². The molecule has 1 aliphatic carbocycles. The van der Waals surface area contributed by atoms with E-state index in [9.17, 15) is 4.79 Å². The molecule has 20 heavy (non-hydrogen) atoms. The summed E-state index contributed by atoms with van der Waals surface area (Å²) in [5, 5.41) is 0. The molecule has 0 amide bonds. The van der Waals surface area contributed by atoms with Gasteiger partial charge in [0.15, 0.2) is 0 Å². The number of imidazole rings is 1. The van der Waals surface area contributed by atoms with Crippen LogP contribution in [0.5, 0.6) is 0 Å². The molecule has 1 saturated carbocycles. The van der Waals surface area contributed by atoms with E-state index in [0.29, 0.717) is 5.92 Å². The van der Waals surface area contributed by atoms with Gasteiger partial charge in [-0.3, -0.25) is 9.36 Å². The summed E-state index contributed by atoms with van der Waals surface area (Å²) in [6, 6.07) is 8.14. The average molecular weight is 268 g/mol. The second-order valence-corrected chi connectivity index (χ2v) is 5.48. The minimum absolute atomic E-state index is 0.0114. The Morgan fingerprint density at radius 2 is 1.95 bits per heavy atom. The van der Waals surface area contributed by atoms with Crippen molar-refractivity contribution in [3.8, 4) is 0 Å². The predicted molar refractivity (Wildman–Crippen MR) is 79.0 cm³/mol. The van der Waals surface area contributed by atoms with E-state index in [1.807, 2.05) is 19.1 Å². The van der Waals surface area contributed by atoms with Crippen LogP contribution in [-0.2, 0) is 6.42 Å². The van der Waals surface area contributed by atoms with Gasteiger partial charge >= 0.3 is 0 Å². The van der Waals surface area contributed by atoms with Gasteiger partial charge in [-0.25, -0.2) is 4.98 Å². The molecular weight excluding hydrogens is 248 g/mol. The molecule has 0 atom stereocenters. The second kappa shape index (κ2) is 5.61. The Bertz CT molecular complexity index is 592. The number of carbonyl (C=O) groups excluding carboxylic acids is 1. The zero-order chi connectivity index (χ0) is 13.9. The summed E-state index contributed by atoms with van der Waals surface area (Å²) in [6.07, 6.45) is 9.43. The van der Waals surface area contributed by atoms with Crippen LogP contribution in [0.15, 0.2) is 36.7 Å². The van der Waals surface area contributed by atoms with E-state index in [2.05, 4.69) is 17.1 Å². The Labute approximate surface area is 119 Å². The molecule has 0 saturated heterocycles. The van der Waals surface area contributed by atoms with Crippen LogP contribution in [0.4, 0.5) is 0 Å². The molecule has 1 aromatic heterocycles. The first-order valence-electron chi connectivity index (χ1n) is 7.46. The van der Waals surface area contributed by atoms with Crippen molar-refractivity contribution in [1.29, 1.82) is 0 Å². The molecule has 3 nitrogen and oxygen atoms in total. The number of benzene rings is 1. The number of aryl methyl sites for hydroxylation is 1. The van der Waals surface area contributed by atoms with Crippen LogP contribution in [0.1, 0.15) is 60.3 Å². The minimum atomic E-state index is 0.0114. The Hall–Kier alpha value is -1.90. The number of rotatable bonds is 3. The van der Waals surface area contributed by atoms with Gasteiger partial charge in [0.1, 0.15) is 5.82 Å². The van der Waals surface area contributed by atoms with E-state index in [0.717, 1.165) is 17.8 Å². The maximum Gasteiger partial charge on any atom is 0.263 e. The first-order chi connectivity index (χ1) is 9.79. The molecule has 1 aliphatic rings. The van der Waals surface area contributed by atoms with Crippen molar-refractivity contribution < 1.29 is 4.79 Å². The molecule has 3 rings (SSSR count). The van der Waals surface area contributed by atoms with Crippen LogP contribution < -0.4 is 0 Å². The quantitative estimate of drug-likeness (QED) is 0.848. The maximum atomic E-state index is 12.4. The van der Waals surface area contributed by atoms with E-state index in [4.69, 9.17) is 0 Å². The molecule has 0 spiro atoms. The Morgan fingerprint density at radius 3 is 2.60 bits per heavy atom. The van der Waals surface area contributed by atoms with Crippen molar-refractivity contribution >= 4 is 5.91 Å². The smallest absolute Gasteiger partial charge is 0.263 e. The summed E-state index contributed by atoms with van der Waals surface area (Å²) in [4.78, 5) is 16.6. The molecule has 3 heteroatoms. The normalized spacial score (nSPS) is 15.7. The van der Waals surface area contributed by atoms with Gasteiger partial charge in [0, 0.05) is 24.4 Å². The summed E-state index contributed by atoms with van der Waals surface area (Å²) < 4.78 is 1.64. The van der Waals surface area contributed by atoms with E-state index >= 15 is 0 Å². The number of aromatic nitrogens is 2. The monoisotopic (exact) mass is 268 g/mol. The van der Waals surface area contributed by atoms with Crippen molar-refractivity contribution in [1.82, 2.24) is 9.55 Å². The second-order valence-electron chi connectivity index (χ2n) is 5.48. The maximum absolute atomic E-state index is 12.4. The molecule has 1 heterocycles. The Morgan fingerprint density at radius 1 is 1.25 bits per heavy atom. The lowest BCUT2D eigenvalue weighted by Gasteiger charge is -2.10. The van der Waals surface area contributed by atoms with E-state index < -0.39 is 0 Å². The van der Waals surface area contributed by atoms with Crippen LogP contribution in [-0.4, -0.2) is 15.5 Å². The number of hydrogen-bond acceptors (Lipinski definition) is 2. The molecule has 0 unspecified atom stereocenters. The molecular formula is C17H20N2O. The Kier molecular flexibility index (Phi) is 3.68. The van der Waals surface area contributed by atoms with Crippen molar-refractivity contribution in [2.45, 2.75) is 44.9 Å². The van der Waals surface area contributed by atoms with Crippen molar-refractivity contribution in [2.75, 3.05) is 0 Å². The van der Waals surface area contributed by atoms with Crippen LogP contribution >= 0.6 is 0 Å². The molecule has 104 valence electrons. The lowest BCUT2D eigenvalue weighted by atomic mass is 9.96. The van der Waals surface area contributed by atoms with Crippen LogP contribution in [0.2, 0.25) is 0 Å². The number of hydrogen-bond donors (Lipinski definition) is 0. The summed E-state index contributed by atoms with van der Waals surface area (Å²) in [7, 11) is 0. The fourth-order valence-corrected chi connectivity index (χ4v) is 3.08. The highest BCUT2D eigenvalue weighted by molar-refractivity contribution is 5.96. The van der Waals surface area contributed by atoms with Gasteiger partial charge in [0.25, 0.3) is 5.91 Å². The summed E-state index contributed by atoms with van der Waals surface area (Å²) in [5.74, 6) is 1.52. The first kappa shape index (κ1) is 13.1. The molecule has 1 aromatic carbocycles. The van der Waals surface area contributed by atoms with Crippen LogP contribution in [0.25, 0.3) is 0 Å². The first-order valence-corrected chi connectivity index (χ1v) is 7.46. The zero-order valence-electron chi connectivity index (χ0n) is 11.9. The molecule has 1 fully saturated rings. The third kappa shape index (κ3) is 2.40. The standard InChI is InChI=1S/C17H20N2O/c1-2-16-18-11-12-19(16)17(20)15-9-7-14(8-10-15)13-5-3-4-6-13/h7-13H,2-6H2,1H3. The van der Waals surface area contributed by atoms with Crippen molar-refractivity contribution in [2.24, 2.45) is 0 Å². The molecule has 2 aromatic rings. The number of carbonyl (C=O) groups is 1. The predicted octanol–water partition coefficient (Wildman–Crippen LogP) is 3.79. The highest BCUT2D eigenvalue weighted by Gasteiger charge is 2.18. The third-order valence-corrected chi connectivity index (χ3v) is 4.24. The van der Waals surface area contributed by atoms with E-state index in [-0.39, 0.29) is 5.91 Å². The number of nitrogens with zero attached hydrogens (tertiary/aromatic N) is 2. The zero-order valence-corrected chi connectivity index (χ0v) is 11.9. The Balaban J connectivity index is 1.82. The van der Waals surface area contributed by atoms with Gasteiger partial charge in [0.05, 0.1) is 0 Å². The lowest BCUT2D eigenvalue weighted by molar-refractivity contribution is 0.0956. The van der Waals surface area contributed by atoms with E-state index in [1.165, 1.54) is 31.2 Å². The van der Waals surface area contributed by atoms with Crippen molar-refractivity contribution in [3.63, 3.8) is 0 Å². The summed E-state index contributed by atoms with van der Waals surface area (Å²) in [6.45, 7) is 2.01. The fraction of sp³-hybridized carbons (Fsp3) is 0.412. The fourth-order valence-electron chi connectivity index (χ4n) is 3.08. The van der Waals surface area contributed by atoms with Gasteiger partial charge in [-0.15, -0.1) is 0 Å². The minimum Gasteiger partial charge on any atom is -0.270 e. The molecule has 0 N–H and O–H groups in total. The highest BCUT2D eigenvalue weighted by atomic mass is 16.2. The molecule has 0 bridgehead atoms. The van der Waals surface area contributed by atoms with Crippen molar-refractivity contribution in [3.05, 3.63) is 53.6 Å². The topological polar surface area (TPSA) is 34.9 Å². The SMILES string of the molecule is CCc1nccn1C(=O)c1ccc(C2CCCC2)cc1. The highest BCUT2D eigenvalue weighted by Crippen LogP contribution is 2.33.